The first-order valence-corrected chi connectivity index (χ1v) is 4.25. The molecule has 1 heterocycles. The van der Waals surface area contributed by atoms with E-state index in [2.05, 4.69) is 4.98 Å². The second kappa shape index (κ2) is 2.61. The third-order valence-corrected chi connectivity index (χ3v) is 2.45. The van der Waals surface area contributed by atoms with E-state index in [1.54, 1.807) is 0 Å². The number of hydrogen-bond acceptors (Lipinski definition) is 2. The molecule has 0 aliphatic heterocycles. The number of aromatic nitrogens is 1. The minimum absolute atomic E-state index is 0.451. The number of H-pyrrole nitrogens is 1. The van der Waals surface area contributed by atoms with Crippen LogP contribution in [0.2, 0.25) is 0 Å². The van der Waals surface area contributed by atoms with Gasteiger partial charge in [0, 0.05) is 6.20 Å². The van der Waals surface area contributed by atoms with Gasteiger partial charge in [0.25, 0.3) is 9.84 Å². The van der Waals surface area contributed by atoms with Gasteiger partial charge in [-0.2, -0.15) is 8.78 Å². The molecule has 0 aromatic carbocycles. The molecule has 1 rings (SSSR count). The van der Waals surface area contributed by atoms with Crippen LogP contribution in [0.15, 0.2) is 23.4 Å². The van der Waals surface area contributed by atoms with Gasteiger partial charge in [0.15, 0.2) is 0 Å². The van der Waals surface area contributed by atoms with Gasteiger partial charge in [0.1, 0.15) is 5.03 Å². The average Bonchev–Trinajstić information content (AvgIpc) is 2.37. The Morgan fingerprint density at radius 1 is 1.45 bits per heavy atom. The molecule has 0 bridgehead atoms. The van der Waals surface area contributed by atoms with Gasteiger partial charge in [-0.25, -0.2) is 8.42 Å². The molecule has 0 fully saturated rings. The minimum atomic E-state index is -4.42. The summed E-state index contributed by atoms with van der Waals surface area (Å²) in [6, 6.07) is 2.43. The summed E-state index contributed by atoms with van der Waals surface area (Å²) in [6.45, 7) is 0. The molecule has 62 valence electrons. The van der Waals surface area contributed by atoms with E-state index in [4.69, 9.17) is 0 Å². The van der Waals surface area contributed by atoms with Crippen molar-refractivity contribution in [2.45, 2.75) is 10.8 Å². The molecule has 6 heteroatoms. The number of hydrogen-bond donors (Lipinski definition) is 1. The summed E-state index contributed by atoms with van der Waals surface area (Å²) in [6.07, 6.45) is 1.27. The molecule has 11 heavy (non-hydrogen) atoms. The van der Waals surface area contributed by atoms with Crippen LogP contribution in [0.5, 0.6) is 0 Å². The highest BCUT2D eigenvalue weighted by Gasteiger charge is 2.26. The lowest BCUT2D eigenvalue weighted by atomic mass is 10.7. The molecule has 1 N–H and O–H groups in total. The van der Waals surface area contributed by atoms with Crippen molar-refractivity contribution in [3.63, 3.8) is 0 Å². The lowest BCUT2D eigenvalue weighted by Crippen LogP contribution is -2.11. The van der Waals surface area contributed by atoms with Crippen molar-refractivity contribution in [2.24, 2.45) is 0 Å². The summed E-state index contributed by atoms with van der Waals surface area (Å²) >= 11 is 0. The Balaban J connectivity index is 3.12. The molecule has 1 aromatic rings. The van der Waals surface area contributed by atoms with Crippen LogP contribution in [-0.2, 0) is 9.84 Å². The van der Waals surface area contributed by atoms with Gasteiger partial charge in [0.2, 0.25) is 0 Å². The summed E-state index contributed by atoms with van der Waals surface area (Å²) in [5.41, 5.74) is 0. The highest BCUT2D eigenvalue weighted by molar-refractivity contribution is 7.91. The van der Waals surface area contributed by atoms with Gasteiger partial charge < -0.3 is 4.98 Å². The van der Waals surface area contributed by atoms with Gasteiger partial charge in [-0.05, 0) is 12.1 Å². The first-order valence-electron chi connectivity index (χ1n) is 2.70. The molecule has 1 aromatic heterocycles. The largest absolute Gasteiger partial charge is 0.352 e. The lowest BCUT2D eigenvalue weighted by Gasteiger charge is -1.97. The zero-order valence-corrected chi connectivity index (χ0v) is 6.11. The number of nitrogens with one attached hydrogen (secondary N) is 1. The lowest BCUT2D eigenvalue weighted by molar-refractivity contribution is 0.234. The molecule has 0 aliphatic carbocycles. The van der Waals surface area contributed by atoms with E-state index in [0.717, 1.165) is 6.07 Å². The van der Waals surface area contributed by atoms with E-state index in [-0.39, 0.29) is 0 Å². The predicted octanol–water partition coefficient (Wildman–Crippen LogP) is 1.01. The maximum Gasteiger partial charge on any atom is 0.342 e. The molecule has 0 atom stereocenters. The highest BCUT2D eigenvalue weighted by atomic mass is 32.2. The third kappa shape index (κ3) is 1.40. The first kappa shape index (κ1) is 8.19. The van der Waals surface area contributed by atoms with Crippen LogP contribution in [0.1, 0.15) is 0 Å². The minimum Gasteiger partial charge on any atom is -0.352 e. The maximum absolute atomic E-state index is 11.8. The Labute approximate surface area is 62.0 Å². The molecule has 3 nitrogen and oxygen atoms in total. The monoisotopic (exact) mass is 181 g/mol. The molecule has 0 aliphatic rings. The van der Waals surface area contributed by atoms with E-state index in [1.807, 2.05) is 0 Å². The normalized spacial score (nSPS) is 12.3. The Morgan fingerprint density at radius 2 is 2.09 bits per heavy atom. The van der Waals surface area contributed by atoms with Crippen molar-refractivity contribution in [2.75, 3.05) is 0 Å². The zero-order valence-electron chi connectivity index (χ0n) is 5.29. The van der Waals surface area contributed by atoms with Gasteiger partial charge in [-0.3, -0.25) is 0 Å². The van der Waals surface area contributed by atoms with E-state index >= 15 is 0 Å². The molecular formula is C5H5F2NO2S. The third-order valence-electron chi connectivity index (χ3n) is 1.11. The van der Waals surface area contributed by atoms with Gasteiger partial charge in [-0.15, -0.1) is 0 Å². The van der Waals surface area contributed by atoms with Gasteiger partial charge in [-0.1, -0.05) is 0 Å². The summed E-state index contributed by atoms with van der Waals surface area (Å²) < 4.78 is 44.8. The quantitative estimate of drug-likeness (QED) is 0.740. The van der Waals surface area contributed by atoms with Crippen LogP contribution in [0.25, 0.3) is 0 Å². The van der Waals surface area contributed by atoms with Crippen molar-refractivity contribution < 1.29 is 17.2 Å². The number of rotatable bonds is 2. The standard InChI is InChI=1S/C5H5F2NO2S/c6-5(7)11(9,10)4-2-1-3-8-4/h1-3,5,8H. The zero-order chi connectivity index (χ0) is 8.48. The Morgan fingerprint density at radius 3 is 2.45 bits per heavy atom. The highest BCUT2D eigenvalue weighted by Crippen LogP contribution is 2.14. The molecule has 0 unspecified atom stereocenters. The van der Waals surface area contributed by atoms with Crippen LogP contribution in [0.3, 0.4) is 0 Å². The summed E-state index contributed by atoms with van der Waals surface area (Å²) in [5.74, 6) is -3.36. The average molecular weight is 181 g/mol. The van der Waals surface area contributed by atoms with E-state index in [9.17, 15) is 17.2 Å². The van der Waals surface area contributed by atoms with Crippen LogP contribution in [0, 0.1) is 0 Å². The second-order valence-corrected chi connectivity index (χ2v) is 3.73. The van der Waals surface area contributed by atoms with E-state index in [0.29, 0.717) is 0 Å². The van der Waals surface area contributed by atoms with Crippen LogP contribution in [-0.4, -0.2) is 19.2 Å². The summed E-state index contributed by atoms with van der Waals surface area (Å²) in [5, 5.41) is -0.451. The van der Waals surface area contributed by atoms with Crippen molar-refractivity contribution in [1.82, 2.24) is 4.98 Å². The number of sulfone groups is 1. The second-order valence-electron chi connectivity index (χ2n) is 1.84. The smallest absolute Gasteiger partial charge is 0.342 e. The number of halogens is 2. The predicted molar refractivity (Wildman–Crippen MR) is 34.0 cm³/mol. The fraction of sp³-hybridized carbons (Fsp3) is 0.200. The fourth-order valence-corrected chi connectivity index (χ4v) is 1.28. The summed E-state index contributed by atoms with van der Waals surface area (Å²) in [4.78, 5) is 2.19. The van der Waals surface area contributed by atoms with Crippen molar-refractivity contribution >= 4 is 9.84 Å². The van der Waals surface area contributed by atoms with E-state index < -0.39 is 20.6 Å². The van der Waals surface area contributed by atoms with Crippen molar-refractivity contribution in [1.29, 1.82) is 0 Å². The summed E-state index contributed by atoms with van der Waals surface area (Å²) in [7, 11) is -4.42. The number of alkyl halides is 2. The number of aromatic amines is 1. The van der Waals surface area contributed by atoms with E-state index in [1.165, 1.54) is 12.3 Å². The van der Waals surface area contributed by atoms with Crippen LogP contribution in [0.4, 0.5) is 8.78 Å². The molecular weight excluding hydrogens is 176 g/mol. The van der Waals surface area contributed by atoms with Gasteiger partial charge in [0.05, 0.1) is 0 Å². The fourth-order valence-electron chi connectivity index (χ4n) is 0.587. The molecule has 0 spiro atoms. The molecule has 0 radical (unpaired) electrons. The molecule has 0 amide bonds. The Hall–Kier alpha value is -0.910. The Kier molecular flexibility index (Phi) is 1.95. The van der Waals surface area contributed by atoms with Crippen LogP contribution >= 0.6 is 0 Å². The topological polar surface area (TPSA) is 49.9 Å². The first-order chi connectivity index (χ1) is 5.05. The molecule has 0 saturated carbocycles. The Bertz CT molecular complexity index is 316. The van der Waals surface area contributed by atoms with Crippen LogP contribution < -0.4 is 0 Å². The van der Waals surface area contributed by atoms with Gasteiger partial charge >= 0.3 is 5.76 Å². The SMILES string of the molecule is O=S(=O)(c1ccc[nH]1)C(F)F. The van der Waals surface area contributed by atoms with Crippen molar-refractivity contribution in [3.05, 3.63) is 18.3 Å². The molecule has 0 saturated heterocycles. The maximum atomic E-state index is 11.8. The van der Waals surface area contributed by atoms with Crippen molar-refractivity contribution in [3.8, 4) is 0 Å².